The molecule has 0 amide bonds. The van der Waals surface area contributed by atoms with Gasteiger partial charge in [-0.1, -0.05) is 30.3 Å². The fourth-order valence-electron chi connectivity index (χ4n) is 2.51. The second kappa shape index (κ2) is 4.85. The van der Waals surface area contributed by atoms with Crippen molar-refractivity contribution in [3.05, 3.63) is 65.0 Å². The summed E-state index contributed by atoms with van der Waals surface area (Å²) in [4.78, 5) is 12.6. The third-order valence-corrected chi connectivity index (χ3v) is 3.54. The highest BCUT2D eigenvalue weighted by molar-refractivity contribution is 5.84. The number of pyridine rings is 1. The van der Waals surface area contributed by atoms with E-state index in [1.807, 2.05) is 61.5 Å². The highest BCUT2D eigenvalue weighted by Crippen LogP contribution is 2.22. The van der Waals surface area contributed by atoms with Crippen LogP contribution in [0.3, 0.4) is 0 Å². The van der Waals surface area contributed by atoms with Crippen molar-refractivity contribution >= 4 is 16.6 Å². The smallest absolute Gasteiger partial charge is 0.258 e. The van der Waals surface area contributed by atoms with Gasteiger partial charge in [-0.15, -0.1) is 0 Å². The molecule has 20 heavy (non-hydrogen) atoms. The summed E-state index contributed by atoms with van der Waals surface area (Å²) in [5.41, 5.74) is 9.03. The van der Waals surface area contributed by atoms with E-state index in [1.165, 1.54) is 0 Å². The third kappa shape index (κ3) is 1.97. The van der Waals surface area contributed by atoms with E-state index < -0.39 is 0 Å². The number of hydrogen-bond acceptors (Lipinski definition) is 2. The van der Waals surface area contributed by atoms with Gasteiger partial charge in [0, 0.05) is 17.8 Å². The van der Waals surface area contributed by atoms with Crippen LogP contribution in [0.2, 0.25) is 0 Å². The average molecular weight is 264 g/mol. The van der Waals surface area contributed by atoms with Crippen LogP contribution in [0.15, 0.2) is 59.4 Å². The van der Waals surface area contributed by atoms with Crippen molar-refractivity contribution in [3.63, 3.8) is 0 Å². The Morgan fingerprint density at radius 2 is 1.75 bits per heavy atom. The fraction of sp³-hybridized carbons (Fsp3) is 0.118. The van der Waals surface area contributed by atoms with Crippen LogP contribution in [0.4, 0.5) is 5.69 Å². The largest absolute Gasteiger partial charge is 0.399 e. The number of rotatable bonds is 2. The molecule has 100 valence electrons. The van der Waals surface area contributed by atoms with Crippen molar-refractivity contribution in [3.8, 4) is 11.1 Å². The van der Waals surface area contributed by atoms with E-state index in [0.717, 1.165) is 16.5 Å². The Bertz CT molecular complexity index is 817. The van der Waals surface area contributed by atoms with Crippen molar-refractivity contribution in [2.75, 3.05) is 5.73 Å². The minimum atomic E-state index is 0.0379. The summed E-state index contributed by atoms with van der Waals surface area (Å²) in [5, 5.41) is 1.07. The zero-order valence-electron chi connectivity index (χ0n) is 11.3. The first-order chi connectivity index (χ1) is 9.70. The summed E-state index contributed by atoms with van der Waals surface area (Å²) in [6.45, 7) is 2.64. The number of aromatic nitrogens is 1. The van der Waals surface area contributed by atoms with Gasteiger partial charge in [0.15, 0.2) is 0 Å². The van der Waals surface area contributed by atoms with Gasteiger partial charge in [0.1, 0.15) is 0 Å². The second-order valence-electron chi connectivity index (χ2n) is 4.79. The standard InChI is InChI=1S/C17H16N2O/c1-2-19-16-6-4-3-5-13(16)11-15(17(19)20)12-7-9-14(18)10-8-12/h3-11H,2,18H2,1H3. The van der Waals surface area contributed by atoms with Crippen LogP contribution in [-0.4, -0.2) is 4.57 Å². The molecule has 2 N–H and O–H groups in total. The number of nitrogens with zero attached hydrogens (tertiary/aromatic N) is 1. The molecule has 0 fully saturated rings. The molecule has 1 heterocycles. The van der Waals surface area contributed by atoms with Gasteiger partial charge in [-0.25, -0.2) is 0 Å². The quantitative estimate of drug-likeness (QED) is 0.722. The molecule has 0 saturated heterocycles. The van der Waals surface area contributed by atoms with Gasteiger partial charge in [0.25, 0.3) is 5.56 Å². The predicted molar refractivity (Wildman–Crippen MR) is 83.7 cm³/mol. The molecule has 3 aromatic rings. The van der Waals surface area contributed by atoms with E-state index in [0.29, 0.717) is 17.8 Å². The van der Waals surface area contributed by atoms with E-state index in [1.54, 1.807) is 4.57 Å². The molecule has 0 aliphatic carbocycles. The van der Waals surface area contributed by atoms with Crippen molar-refractivity contribution in [2.24, 2.45) is 0 Å². The van der Waals surface area contributed by atoms with Crippen LogP contribution >= 0.6 is 0 Å². The van der Waals surface area contributed by atoms with Gasteiger partial charge in [-0.2, -0.15) is 0 Å². The Morgan fingerprint density at radius 1 is 1.05 bits per heavy atom. The van der Waals surface area contributed by atoms with E-state index in [-0.39, 0.29) is 5.56 Å². The molecule has 1 aromatic heterocycles. The number of benzene rings is 2. The first kappa shape index (κ1) is 12.5. The molecular formula is C17H16N2O. The zero-order chi connectivity index (χ0) is 14.1. The molecule has 0 aliphatic rings. The van der Waals surface area contributed by atoms with Crippen molar-refractivity contribution in [1.29, 1.82) is 0 Å². The number of anilines is 1. The Kier molecular flexibility index (Phi) is 3.03. The minimum Gasteiger partial charge on any atom is -0.399 e. The molecule has 3 heteroatoms. The van der Waals surface area contributed by atoms with Gasteiger partial charge in [-0.3, -0.25) is 4.79 Å². The second-order valence-corrected chi connectivity index (χ2v) is 4.79. The maximum absolute atomic E-state index is 12.6. The Labute approximate surface area is 117 Å². The van der Waals surface area contributed by atoms with Gasteiger partial charge >= 0.3 is 0 Å². The van der Waals surface area contributed by atoms with E-state index >= 15 is 0 Å². The van der Waals surface area contributed by atoms with Crippen molar-refractivity contribution < 1.29 is 0 Å². The van der Waals surface area contributed by atoms with Crippen LogP contribution in [0.25, 0.3) is 22.0 Å². The summed E-state index contributed by atoms with van der Waals surface area (Å²) in [6, 6.07) is 17.3. The number of nitrogens with two attached hydrogens (primary N) is 1. The minimum absolute atomic E-state index is 0.0379. The number of nitrogen functional groups attached to an aromatic ring is 1. The van der Waals surface area contributed by atoms with Crippen molar-refractivity contribution in [2.45, 2.75) is 13.5 Å². The highest BCUT2D eigenvalue weighted by atomic mass is 16.1. The molecule has 0 saturated carbocycles. The van der Waals surface area contributed by atoms with Crippen LogP contribution in [-0.2, 0) is 6.54 Å². The highest BCUT2D eigenvalue weighted by Gasteiger charge is 2.09. The molecule has 0 aliphatic heterocycles. The topological polar surface area (TPSA) is 48.0 Å². The van der Waals surface area contributed by atoms with Crippen LogP contribution in [0.1, 0.15) is 6.92 Å². The summed E-state index contributed by atoms with van der Waals surface area (Å²) in [7, 11) is 0. The van der Waals surface area contributed by atoms with E-state index in [2.05, 4.69) is 0 Å². The van der Waals surface area contributed by atoms with Gasteiger partial charge < -0.3 is 10.3 Å². The summed E-state index contributed by atoms with van der Waals surface area (Å²) in [5.74, 6) is 0. The first-order valence-corrected chi connectivity index (χ1v) is 6.69. The lowest BCUT2D eigenvalue weighted by Gasteiger charge is -2.11. The monoisotopic (exact) mass is 264 g/mol. The number of para-hydroxylation sites is 1. The van der Waals surface area contributed by atoms with Crippen LogP contribution in [0.5, 0.6) is 0 Å². The Hall–Kier alpha value is -2.55. The molecule has 0 bridgehead atoms. The van der Waals surface area contributed by atoms with E-state index in [4.69, 9.17) is 5.73 Å². The zero-order valence-corrected chi connectivity index (χ0v) is 11.3. The maximum atomic E-state index is 12.6. The van der Waals surface area contributed by atoms with Gasteiger partial charge in [0.05, 0.1) is 5.52 Å². The van der Waals surface area contributed by atoms with Gasteiger partial charge in [-0.05, 0) is 42.1 Å². The Morgan fingerprint density at radius 3 is 2.45 bits per heavy atom. The molecule has 0 unspecified atom stereocenters. The molecule has 3 nitrogen and oxygen atoms in total. The lowest BCUT2D eigenvalue weighted by atomic mass is 10.0. The fourth-order valence-corrected chi connectivity index (χ4v) is 2.51. The van der Waals surface area contributed by atoms with Crippen LogP contribution < -0.4 is 11.3 Å². The Balaban J connectivity index is 2.34. The average Bonchev–Trinajstić information content (AvgIpc) is 2.48. The lowest BCUT2D eigenvalue weighted by molar-refractivity contribution is 0.761. The number of hydrogen-bond donors (Lipinski definition) is 1. The molecule has 3 rings (SSSR count). The third-order valence-electron chi connectivity index (χ3n) is 3.54. The molecule has 0 radical (unpaired) electrons. The SMILES string of the molecule is CCn1c(=O)c(-c2ccc(N)cc2)cc2ccccc21. The molecule has 0 atom stereocenters. The molecular weight excluding hydrogens is 248 g/mol. The van der Waals surface area contributed by atoms with Crippen LogP contribution in [0, 0.1) is 0 Å². The van der Waals surface area contributed by atoms with Gasteiger partial charge in [0.2, 0.25) is 0 Å². The maximum Gasteiger partial charge on any atom is 0.258 e. The number of fused-ring (bicyclic) bond motifs is 1. The predicted octanol–water partition coefficient (Wildman–Crippen LogP) is 3.27. The summed E-state index contributed by atoms with van der Waals surface area (Å²) < 4.78 is 1.81. The normalized spacial score (nSPS) is 10.8. The summed E-state index contributed by atoms with van der Waals surface area (Å²) in [6.07, 6.45) is 0. The molecule has 2 aromatic carbocycles. The lowest BCUT2D eigenvalue weighted by Crippen LogP contribution is -2.21. The number of aryl methyl sites for hydroxylation is 1. The van der Waals surface area contributed by atoms with Crippen molar-refractivity contribution in [1.82, 2.24) is 4.57 Å². The molecule has 0 spiro atoms. The summed E-state index contributed by atoms with van der Waals surface area (Å²) >= 11 is 0. The first-order valence-electron chi connectivity index (χ1n) is 6.69. The van der Waals surface area contributed by atoms with E-state index in [9.17, 15) is 4.79 Å².